The van der Waals surface area contributed by atoms with Gasteiger partial charge in [0.1, 0.15) is 0 Å². The van der Waals surface area contributed by atoms with Gasteiger partial charge in [0, 0.05) is 5.92 Å². The van der Waals surface area contributed by atoms with Crippen molar-refractivity contribution in [1.29, 1.82) is 0 Å². The van der Waals surface area contributed by atoms with Crippen LogP contribution in [0.25, 0.3) is 0 Å². The number of nitrogens with two attached hydrogens (primary N) is 1. The lowest BCUT2D eigenvalue weighted by Gasteiger charge is -2.09. The molecule has 70 valence electrons. The Kier molecular flexibility index (Phi) is 3.07. The first-order chi connectivity index (χ1) is 6.11. The summed E-state index contributed by atoms with van der Waals surface area (Å²) in [5, 5.41) is 0. The van der Waals surface area contributed by atoms with E-state index in [1.54, 1.807) is 0 Å². The molecule has 1 atom stereocenters. The number of hydrogen-bond donors (Lipinski definition) is 1. The summed E-state index contributed by atoms with van der Waals surface area (Å²) < 4.78 is 0. The molecular formula is C11H15NO. The van der Waals surface area contributed by atoms with Crippen molar-refractivity contribution < 1.29 is 4.79 Å². The molecule has 2 N–H and O–H groups in total. The van der Waals surface area contributed by atoms with Crippen LogP contribution in [0.5, 0.6) is 0 Å². The van der Waals surface area contributed by atoms with Crippen LogP contribution in [0.4, 0.5) is 0 Å². The monoisotopic (exact) mass is 177 g/mol. The van der Waals surface area contributed by atoms with Gasteiger partial charge in [-0.2, -0.15) is 0 Å². The number of benzene rings is 1. The van der Waals surface area contributed by atoms with Crippen LogP contribution in [0.2, 0.25) is 0 Å². The Balaban J connectivity index is 2.74. The lowest BCUT2D eigenvalue weighted by atomic mass is 9.97. The van der Waals surface area contributed by atoms with Crippen molar-refractivity contribution in [2.75, 3.05) is 0 Å². The average molecular weight is 177 g/mol. The largest absolute Gasteiger partial charge is 0.369 e. The molecule has 0 saturated heterocycles. The second-order valence-electron chi connectivity index (χ2n) is 3.43. The fraction of sp³-hybridized carbons (Fsp3) is 0.364. The summed E-state index contributed by atoms with van der Waals surface area (Å²) in [4.78, 5) is 10.8. The number of primary amides is 1. The van der Waals surface area contributed by atoms with Crippen molar-refractivity contribution >= 4 is 5.91 Å². The molecule has 1 aromatic carbocycles. The minimum Gasteiger partial charge on any atom is -0.369 e. The third kappa shape index (κ3) is 2.58. The predicted octanol–water partition coefficient (Wildman–Crippen LogP) is 1.66. The van der Waals surface area contributed by atoms with Crippen LogP contribution in [0.1, 0.15) is 18.1 Å². The van der Waals surface area contributed by atoms with E-state index in [2.05, 4.69) is 0 Å². The van der Waals surface area contributed by atoms with Crippen molar-refractivity contribution in [2.45, 2.75) is 20.3 Å². The topological polar surface area (TPSA) is 43.1 Å². The maximum atomic E-state index is 10.8. The van der Waals surface area contributed by atoms with Crippen molar-refractivity contribution in [1.82, 2.24) is 0 Å². The Hall–Kier alpha value is -1.31. The van der Waals surface area contributed by atoms with E-state index >= 15 is 0 Å². The molecule has 0 bridgehead atoms. The van der Waals surface area contributed by atoms with Crippen LogP contribution >= 0.6 is 0 Å². The van der Waals surface area contributed by atoms with E-state index in [-0.39, 0.29) is 11.8 Å². The van der Waals surface area contributed by atoms with E-state index in [0.29, 0.717) is 0 Å². The molecule has 0 radical (unpaired) electrons. The molecule has 0 saturated carbocycles. The lowest BCUT2D eigenvalue weighted by Crippen LogP contribution is -2.22. The van der Waals surface area contributed by atoms with E-state index in [1.807, 2.05) is 38.1 Å². The Morgan fingerprint density at radius 2 is 2.08 bits per heavy atom. The van der Waals surface area contributed by atoms with E-state index in [0.717, 1.165) is 6.42 Å². The molecule has 1 rings (SSSR count). The van der Waals surface area contributed by atoms with Crippen LogP contribution in [-0.4, -0.2) is 5.91 Å². The molecule has 0 aliphatic carbocycles. The Bertz CT molecular complexity index is 307. The Morgan fingerprint density at radius 1 is 1.46 bits per heavy atom. The van der Waals surface area contributed by atoms with Gasteiger partial charge in [0.2, 0.25) is 5.91 Å². The lowest BCUT2D eigenvalue weighted by molar-refractivity contribution is -0.121. The molecule has 1 amide bonds. The van der Waals surface area contributed by atoms with Crippen molar-refractivity contribution in [3.05, 3.63) is 35.4 Å². The Labute approximate surface area is 78.8 Å². The number of rotatable bonds is 3. The second kappa shape index (κ2) is 4.08. The highest BCUT2D eigenvalue weighted by Crippen LogP contribution is 2.12. The van der Waals surface area contributed by atoms with Crippen molar-refractivity contribution in [3.63, 3.8) is 0 Å². The molecule has 2 heteroatoms. The minimum atomic E-state index is -0.233. The second-order valence-corrected chi connectivity index (χ2v) is 3.43. The van der Waals surface area contributed by atoms with Gasteiger partial charge in [-0.15, -0.1) is 0 Å². The van der Waals surface area contributed by atoms with Gasteiger partial charge in [-0.25, -0.2) is 0 Å². The van der Waals surface area contributed by atoms with Gasteiger partial charge >= 0.3 is 0 Å². The number of amides is 1. The highest BCUT2D eigenvalue weighted by atomic mass is 16.1. The average Bonchev–Trinajstić information content (AvgIpc) is 2.08. The molecule has 0 aromatic heterocycles. The smallest absolute Gasteiger partial charge is 0.220 e. The molecule has 0 aliphatic heterocycles. The summed E-state index contributed by atoms with van der Waals surface area (Å²) in [5.74, 6) is -0.315. The molecule has 2 nitrogen and oxygen atoms in total. The summed E-state index contributed by atoms with van der Waals surface area (Å²) in [5.41, 5.74) is 7.62. The van der Waals surface area contributed by atoms with Gasteiger partial charge in [0.25, 0.3) is 0 Å². The van der Waals surface area contributed by atoms with Gasteiger partial charge in [-0.1, -0.05) is 31.2 Å². The van der Waals surface area contributed by atoms with E-state index in [4.69, 9.17) is 5.73 Å². The number of hydrogen-bond acceptors (Lipinski definition) is 1. The Morgan fingerprint density at radius 3 is 2.62 bits per heavy atom. The zero-order valence-electron chi connectivity index (χ0n) is 8.08. The maximum absolute atomic E-state index is 10.8. The molecule has 1 aromatic rings. The van der Waals surface area contributed by atoms with Crippen LogP contribution in [-0.2, 0) is 11.2 Å². The van der Waals surface area contributed by atoms with E-state index in [9.17, 15) is 4.79 Å². The SMILES string of the molecule is Cc1ccccc1CC(C)C(N)=O. The molecular weight excluding hydrogens is 162 g/mol. The highest BCUT2D eigenvalue weighted by Gasteiger charge is 2.10. The fourth-order valence-corrected chi connectivity index (χ4v) is 1.27. The zero-order valence-corrected chi connectivity index (χ0v) is 8.08. The van der Waals surface area contributed by atoms with E-state index in [1.165, 1.54) is 11.1 Å². The third-order valence-corrected chi connectivity index (χ3v) is 2.27. The molecule has 0 fully saturated rings. The molecule has 0 heterocycles. The van der Waals surface area contributed by atoms with Crippen LogP contribution < -0.4 is 5.73 Å². The van der Waals surface area contributed by atoms with Crippen molar-refractivity contribution in [3.8, 4) is 0 Å². The summed E-state index contributed by atoms with van der Waals surface area (Å²) in [6.45, 7) is 3.90. The summed E-state index contributed by atoms with van der Waals surface area (Å²) in [6.07, 6.45) is 0.738. The standard InChI is InChI=1S/C11H15NO/c1-8-5-3-4-6-10(8)7-9(2)11(12)13/h3-6,9H,7H2,1-2H3,(H2,12,13). The summed E-state index contributed by atoms with van der Waals surface area (Å²) >= 11 is 0. The quantitative estimate of drug-likeness (QED) is 0.749. The predicted molar refractivity (Wildman–Crippen MR) is 53.2 cm³/mol. The molecule has 0 spiro atoms. The molecule has 13 heavy (non-hydrogen) atoms. The fourth-order valence-electron chi connectivity index (χ4n) is 1.27. The molecule has 1 unspecified atom stereocenters. The minimum absolute atomic E-state index is 0.0823. The van der Waals surface area contributed by atoms with Gasteiger partial charge in [0.05, 0.1) is 0 Å². The maximum Gasteiger partial charge on any atom is 0.220 e. The first-order valence-corrected chi connectivity index (χ1v) is 4.45. The van der Waals surface area contributed by atoms with Crippen LogP contribution in [0, 0.1) is 12.8 Å². The van der Waals surface area contributed by atoms with Crippen LogP contribution in [0.3, 0.4) is 0 Å². The number of carbonyl (C=O) groups is 1. The van der Waals surface area contributed by atoms with Gasteiger partial charge in [0.15, 0.2) is 0 Å². The highest BCUT2D eigenvalue weighted by molar-refractivity contribution is 5.76. The molecule has 0 aliphatic rings. The van der Waals surface area contributed by atoms with Gasteiger partial charge in [-0.05, 0) is 24.5 Å². The third-order valence-electron chi connectivity index (χ3n) is 2.27. The number of carbonyl (C=O) groups excluding carboxylic acids is 1. The van der Waals surface area contributed by atoms with Crippen molar-refractivity contribution in [2.24, 2.45) is 11.7 Å². The van der Waals surface area contributed by atoms with Crippen LogP contribution in [0.15, 0.2) is 24.3 Å². The first kappa shape index (κ1) is 9.78. The summed E-state index contributed by atoms with van der Waals surface area (Å²) in [7, 11) is 0. The number of aryl methyl sites for hydroxylation is 1. The van der Waals surface area contributed by atoms with Gasteiger partial charge in [-0.3, -0.25) is 4.79 Å². The summed E-state index contributed by atoms with van der Waals surface area (Å²) in [6, 6.07) is 8.06. The first-order valence-electron chi connectivity index (χ1n) is 4.45. The zero-order chi connectivity index (χ0) is 9.84. The van der Waals surface area contributed by atoms with Gasteiger partial charge < -0.3 is 5.73 Å². The van der Waals surface area contributed by atoms with E-state index < -0.39 is 0 Å². The normalized spacial score (nSPS) is 12.5.